The van der Waals surface area contributed by atoms with Crippen LogP contribution < -0.4 is 25.7 Å². The van der Waals surface area contributed by atoms with Gasteiger partial charge in [0.05, 0.1) is 17.1 Å². The summed E-state index contributed by atoms with van der Waals surface area (Å²) in [6.07, 6.45) is 15.8. The fraction of sp³-hybridized carbons (Fsp3) is 0.500. The zero-order valence-corrected chi connectivity index (χ0v) is 44.5. The summed E-state index contributed by atoms with van der Waals surface area (Å²) in [6, 6.07) is 14.2. The first kappa shape index (κ1) is 52.7. The first-order valence-electron chi connectivity index (χ1n) is 26.8. The summed E-state index contributed by atoms with van der Waals surface area (Å²) in [6.45, 7) is 20.4. The molecule has 2 saturated heterocycles. The molecule has 2 amide bonds. The summed E-state index contributed by atoms with van der Waals surface area (Å²) in [7, 11) is 5.35. The van der Waals surface area contributed by atoms with Gasteiger partial charge in [0.2, 0.25) is 5.91 Å². The number of aromatic nitrogens is 2. The van der Waals surface area contributed by atoms with Crippen molar-refractivity contribution in [1.82, 2.24) is 34.7 Å². The highest BCUT2D eigenvalue weighted by Crippen LogP contribution is 2.45. The topological polar surface area (TPSA) is 137 Å². The quantitative estimate of drug-likeness (QED) is 0.181. The summed E-state index contributed by atoms with van der Waals surface area (Å²) < 4.78 is 18.2. The molecule has 16 heteroatoms. The molecule has 4 atom stereocenters. The second-order valence-corrected chi connectivity index (χ2v) is 21.1. The number of hydroxylamine groups is 1. The number of likely N-dealkylation sites (N-methyl/N-ethyl adjacent to an activating group) is 1. The Labute approximate surface area is 436 Å². The number of fused-ring (bicyclic) bond motifs is 1. The Morgan fingerprint density at radius 1 is 1.03 bits per heavy atom. The third-order valence-electron chi connectivity index (χ3n) is 16.1. The van der Waals surface area contributed by atoms with Crippen molar-refractivity contribution in [2.75, 3.05) is 76.4 Å². The number of aldehydes is 1. The minimum Gasteiger partial charge on any atom is -0.357 e. The fourth-order valence-corrected chi connectivity index (χ4v) is 11.8. The van der Waals surface area contributed by atoms with Crippen molar-refractivity contribution in [1.29, 1.82) is 0 Å². The molecule has 6 aliphatic rings. The van der Waals surface area contributed by atoms with Gasteiger partial charge in [0, 0.05) is 134 Å². The highest BCUT2D eigenvalue weighted by atomic mass is 19.1. The van der Waals surface area contributed by atoms with Crippen LogP contribution in [0.3, 0.4) is 0 Å². The number of hydrogen-bond donors (Lipinski definition) is 2. The smallest absolute Gasteiger partial charge is 0.253 e. The number of aromatic amines is 1. The highest BCUT2D eigenvalue weighted by molar-refractivity contribution is 6.17. The predicted molar refractivity (Wildman–Crippen MR) is 293 cm³/mol. The number of nitrogens with one attached hydrogen (secondary N) is 2. The number of dihydropyridines is 1. The van der Waals surface area contributed by atoms with E-state index in [0.717, 1.165) is 115 Å². The first-order chi connectivity index (χ1) is 35.7. The van der Waals surface area contributed by atoms with Crippen molar-refractivity contribution in [2.24, 2.45) is 23.0 Å². The summed E-state index contributed by atoms with van der Waals surface area (Å²) in [5, 5.41) is 9.74. The zero-order valence-electron chi connectivity index (χ0n) is 44.5. The number of nitrogens with zero attached hydrogens (tertiary/aromatic N) is 9. The van der Waals surface area contributed by atoms with Gasteiger partial charge in [0.25, 0.3) is 5.91 Å². The summed E-state index contributed by atoms with van der Waals surface area (Å²) >= 11 is 0. The Morgan fingerprint density at radius 2 is 1.82 bits per heavy atom. The zero-order chi connectivity index (χ0) is 52.2. The number of carbonyl (C=O) groups is 3. The normalized spacial score (nSPS) is 23.1. The van der Waals surface area contributed by atoms with Gasteiger partial charge in [0.15, 0.2) is 6.23 Å². The molecule has 9 rings (SSSR count). The van der Waals surface area contributed by atoms with Crippen molar-refractivity contribution in [3.05, 3.63) is 111 Å². The third-order valence-corrected chi connectivity index (χ3v) is 16.1. The Balaban J connectivity index is 0.775. The lowest BCUT2D eigenvalue weighted by Crippen LogP contribution is -2.54. The van der Waals surface area contributed by atoms with Gasteiger partial charge in [0.1, 0.15) is 24.0 Å². The lowest BCUT2D eigenvalue weighted by molar-refractivity contribution is -0.125. The van der Waals surface area contributed by atoms with Crippen molar-refractivity contribution >= 4 is 59.3 Å². The van der Waals surface area contributed by atoms with E-state index in [1.165, 1.54) is 11.6 Å². The Bertz CT molecular complexity index is 2850. The van der Waals surface area contributed by atoms with E-state index in [4.69, 9.17) is 4.84 Å². The molecule has 3 aromatic rings. The molecular formula is C58H76FN11O4. The summed E-state index contributed by atoms with van der Waals surface area (Å²) in [4.78, 5) is 65.2. The number of H-pyrrole nitrogens is 1. The molecule has 74 heavy (non-hydrogen) atoms. The van der Waals surface area contributed by atoms with E-state index in [0.29, 0.717) is 67.4 Å². The van der Waals surface area contributed by atoms with E-state index in [1.54, 1.807) is 19.2 Å². The molecule has 3 fully saturated rings. The van der Waals surface area contributed by atoms with Gasteiger partial charge in [-0.25, -0.2) is 19.3 Å². The first-order valence-corrected chi connectivity index (χ1v) is 26.8. The lowest BCUT2D eigenvalue weighted by Gasteiger charge is -2.45. The van der Waals surface area contributed by atoms with Crippen LogP contribution in [0.15, 0.2) is 76.9 Å². The van der Waals surface area contributed by atoms with E-state index in [9.17, 15) is 14.4 Å². The Hall–Kier alpha value is -6.20. The molecule has 2 aromatic carbocycles. The molecule has 1 aliphatic carbocycles. The van der Waals surface area contributed by atoms with E-state index in [2.05, 4.69) is 90.8 Å². The fourth-order valence-electron chi connectivity index (χ4n) is 11.8. The molecule has 394 valence electrons. The average Bonchev–Trinajstić information content (AvgIpc) is 4.25. The molecule has 0 radical (unpaired) electrons. The van der Waals surface area contributed by atoms with Gasteiger partial charge < -0.3 is 25.0 Å². The SMILES string of the molecule is C=c1cc(C(C)N2CC=C(c3c(C)cc(C(=O)N4CCC(CN5CCN(Cc6ccc7c(c6)N(C6CC6)C(C)ON7C(CCC=O)C(=O)NC)CC5C)CC4)cc3F)CC2)n(C)[nH]cc/c1=C1\C=CC(=NC)N=C1. The third kappa shape index (κ3) is 11.5. The molecule has 1 aromatic heterocycles. The number of aliphatic imine (C=N–C) groups is 2. The molecule has 6 heterocycles. The van der Waals surface area contributed by atoms with Crippen molar-refractivity contribution in [2.45, 2.75) is 110 Å². The number of piperidine rings is 1. The number of piperazine rings is 1. The van der Waals surface area contributed by atoms with Crippen LogP contribution >= 0.6 is 0 Å². The minimum atomic E-state index is -0.608. The molecular weight excluding hydrogens is 934 g/mol. The number of aryl methyl sites for hydroxylation is 2. The maximum atomic E-state index is 16.2. The predicted octanol–water partition coefficient (Wildman–Crippen LogP) is 6.22. The van der Waals surface area contributed by atoms with Gasteiger partial charge in [-0.3, -0.25) is 34.0 Å². The average molecular weight is 1010 g/mol. The lowest BCUT2D eigenvalue weighted by atomic mass is 9.92. The standard InChI is InChI=1S/C58H76FN11O4/c1-38-31-53(64(8)63-22-17-49(38)46-12-16-55(60-6)62-34-46)41(4)66-25-20-45(21-26-66)56-39(2)30-47(33-50(56)59)58(73)67-23-18-43(19-24-67)37-68-28-27-65(35-40(68)3)36-44-11-15-51-54(32-44)69(48-13-14-48)42(5)74-70(51)52(10-9-29-71)57(72)61-7/h11-12,15-17,20,22,29-34,40-43,48,52,63H,1,9-10,13-14,18-19,21,23-28,35-37H2,2-8H3,(H,61,72)/b22-17?,49-46-,53-31?,60-55?. The van der Waals surface area contributed by atoms with E-state index < -0.39 is 6.04 Å². The molecule has 2 N–H and O–H groups in total. The number of halogens is 1. The van der Waals surface area contributed by atoms with Crippen LogP contribution in [0.25, 0.3) is 17.7 Å². The number of amidine groups is 1. The Morgan fingerprint density at radius 3 is 2.49 bits per heavy atom. The monoisotopic (exact) mass is 1010 g/mol. The van der Waals surface area contributed by atoms with Crippen LogP contribution in [0.4, 0.5) is 15.8 Å². The molecule has 5 aliphatic heterocycles. The van der Waals surface area contributed by atoms with Gasteiger partial charge in [-0.2, -0.15) is 0 Å². The number of rotatable bonds is 14. The molecule has 15 nitrogen and oxygen atoms in total. The number of amides is 2. The summed E-state index contributed by atoms with van der Waals surface area (Å²) in [5.41, 5.74) is 8.01. The number of allylic oxidation sites excluding steroid dienone is 1. The molecule has 0 bridgehead atoms. The summed E-state index contributed by atoms with van der Waals surface area (Å²) in [5.74, 6) is 0.574. The van der Waals surface area contributed by atoms with E-state index in [1.807, 2.05) is 67.2 Å². The van der Waals surface area contributed by atoms with Gasteiger partial charge in [-0.1, -0.05) is 18.7 Å². The molecule has 4 unspecified atom stereocenters. The van der Waals surface area contributed by atoms with E-state index >= 15 is 4.39 Å². The Kier molecular flexibility index (Phi) is 16.5. The van der Waals surface area contributed by atoms with Crippen LogP contribution in [0.2, 0.25) is 0 Å². The maximum absolute atomic E-state index is 16.2. The van der Waals surface area contributed by atoms with Crippen LogP contribution in [-0.4, -0.2) is 150 Å². The van der Waals surface area contributed by atoms with Crippen molar-refractivity contribution in [3.8, 4) is 0 Å². The van der Waals surface area contributed by atoms with Crippen LogP contribution in [-0.2, 0) is 28.0 Å². The largest absolute Gasteiger partial charge is 0.357 e. The van der Waals surface area contributed by atoms with Crippen molar-refractivity contribution < 1.29 is 23.6 Å². The number of hydrogen-bond acceptors (Lipinski definition) is 10. The van der Waals surface area contributed by atoms with Gasteiger partial charge in [-0.15, -0.1) is 0 Å². The molecule has 1 saturated carbocycles. The van der Waals surface area contributed by atoms with Gasteiger partial charge >= 0.3 is 0 Å². The second-order valence-electron chi connectivity index (χ2n) is 21.1. The van der Waals surface area contributed by atoms with Crippen LogP contribution in [0, 0.1) is 18.7 Å². The number of carbonyl (C=O) groups excluding carboxylic acids is 3. The number of anilines is 2. The number of likely N-dealkylation sites (tertiary alicyclic amines) is 1. The maximum Gasteiger partial charge on any atom is 0.253 e. The van der Waals surface area contributed by atoms with Crippen LogP contribution in [0.1, 0.15) is 105 Å². The second kappa shape index (κ2) is 23.1. The van der Waals surface area contributed by atoms with E-state index in [-0.39, 0.29) is 36.3 Å². The highest BCUT2D eigenvalue weighted by Gasteiger charge is 2.42. The van der Waals surface area contributed by atoms with Gasteiger partial charge in [-0.05, 0) is 148 Å². The minimum absolute atomic E-state index is 0.0442. The number of benzene rings is 2. The van der Waals surface area contributed by atoms with Crippen LogP contribution in [0.5, 0.6) is 0 Å². The molecule has 0 spiro atoms. The van der Waals surface area contributed by atoms with Crippen molar-refractivity contribution in [3.63, 3.8) is 0 Å².